The highest BCUT2D eigenvalue weighted by atomic mass is 16.5. The first-order chi connectivity index (χ1) is 7.34. The van der Waals surface area contributed by atoms with Crippen LogP contribution in [0, 0.1) is 23.7 Å². The Morgan fingerprint density at radius 2 is 1.56 bits per heavy atom. The Morgan fingerprint density at radius 3 is 1.94 bits per heavy atom. The zero-order valence-electron chi connectivity index (χ0n) is 11.5. The fraction of sp³-hybridized carbons (Fsp3) is 0.923. The van der Waals surface area contributed by atoms with Gasteiger partial charge in [-0.1, -0.05) is 41.5 Å². The van der Waals surface area contributed by atoms with E-state index in [1.54, 1.807) is 0 Å². The number of rotatable bonds is 6. The monoisotopic (exact) mass is 229 g/mol. The molecule has 0 fully saturated rings. The summed E-state index contributed by atoms with van der Waals surface area (Å²) < 4.78 is 5.06. The molecule has 0 atom stereocenters. The van der Waals surface area contributed by atoms with Crippen LogP contribution in [0.2, 0.25) is 0 Å². The van der Waals surface area contributed by atoms with E-state index in [-0.39, 0.29) is 6.09 Å². The third-order valence-electron chi connectivity index (χ3n) is 2.74. The van der Waals surface area contributed by atoms with E-state index in [1.165, 1.54) is 0 Å². The van der Waals surface area contributed by atoms with Crippen molar-refractivity contribution in [3.05, 3.63) is 0 Å². The number of alkyl carbamates (subject to hydrolysis) is 1. The average Bonchev–Trinajstić information content (AvgIpc) is 2.13. The smallest absolute Gasteiger partial charge is 0.407 e. The van der Waals surface area contributed by atoms with E-state index < -0.39 is 0 Å². The second-order valence-corrected chi connectivity index (χ2v) is 5.53. The Kier molecular flexibility index (Phi) is 7.18. The van der Waals surface area contributed by atoms with Crippen LogP contribution in [0.3, 0.4) is 0 Å². The van der Waals surface area contributed by atoms with Gasteiger partial charge in [0.1, 0.15) is 0 Å². The van der Waals surface area contributed by atoms with Gasteiger partial charge in [-0.15, -0.1) is 0 Å². The van der Waals surface area contributed by atoms with Crippen molar-refractivity contribution >= 4 is 6.09 Å². The molecule has 96 valence electrons. The molecule has 0 unspecified atom stereocenters. The maximum atomic E-state index is 11.4. The van der Waals surface area contributed by atoms with E-state index in [0.717, 1.165) is 0 Å². The summed E-state index contributed by atoms with van der Waals surface area (Å²) in [7, 11) is 0. The summed E-state index contributed by atoms with van der Waals surface area (Å²) in [6.07, 6.45) is -0.292. The maximum absolute atomic E-state index is 11.4. The van der Waals surface area contributed by atoms with Gasteiger partial charge in [-0.2, -0.15) is 0 Å². The number of hydrogen-bond donors (Lipinski definition) is 1. The predicted molar refractivity (Wildman–Crippen MR) is 67.4 cm³/mol. The lowest BCUT2D eigenvalue weighted by Crippen LogP contribution is -2.34. The Labute approximate surface area is 99.9 Å². The molecule has 0 saturated carbocycles. The molecule has 0 bridgehead atoms. The molecule has 3 nitrogen and oxygen atoms in total. The number of hydrogen-bond acceptors (Lipinski definition) is 2. The largest absolute Gasteiger partial charge is 0.449 e. The van der Waals surface area contributed by atoms with Gasteiger partial charge >= 0.3 is 6.09 Å². The fourth-order valence-corrected chi connectivity index (χ4v) is 1.74. The molecule has 0 spiro atoms. The van der Waals surface area contributed by atoms with E-state index in [0.29, 0.717) is 36.8 Å². The Bertz CT molecular complexity index is 192. The molecular weight excluding hydrogens is 202 g/mol. The first-order valence-corrected chi connectivity index (χ1v) is 6.25. The quantitative estimate of drug-likeness (QED) is 0.759. The van der Waals surface area contributed by atoms with Crippen LogP contribution < -0.4 is 5.32 Å². The minimum atomic E-state index is -0.292. The van der Waals surface area contributed by atoms with Crippen LogP contribution in [-0.4, -0.2) is 19.2 Å². The molecule has 0 aromatic rings. The first kappa shape index (κ1) is 15.3. The van der Waals surface area contributed by atoms with Gasteiger partial charge < -0.3 is 10.1 Å². The molecule has 3 heteroatoms. The van der Waals surface area contributed by atoms with Crippen LogP contribution in [0.5, 0.6) is 0 Å². The lowest BCUT2D eigenvalue weighted by Gasteiger charge is -2.24. The molecule has 0 saturated heterocycles. The van der Waals surface area contributed by atoms with Gasteiger partial charge in [0, 0.05) is 6.54 Å². The van der Waals surface area contributed by atoms with Crippen molar-refractivity contribution < 1.29 is 9.53 Å². The molecule has 0 aliphatic rings. The van der Waals surface area contributed by atoms with E-state index in [2.05, 4.69) is 33.0 Å². The zero-order chi connectivity index (χ0) is 12.7. The van der Waals surface area contributed by atoms with Crippen molar-refractivity contribution in [2.45, 2.75) is 41.5 Å². The van der Waals surface area contributed by atoms with Gasteiger partial charge in [-0.25, -0.2) is 4.79 Å². The fourth-order valence-electron chi connectivity index (χ4n) is 1.74. The molecule has 0 aromatic carbocycles. The number of amides is 1. The molecule has 1 N–H and O–H groups in total. The van der Waals surface area contributed by atoms with Gasteiger partial charge in [-0.3, -0.25) is 0 Å². The van der Waals surface area contributed by atoms with Gasteiger partial charge in [0.15, 0.2) is 0 Å². The summed E-state index contributed by atoms with van der Waals surface area (Å²) in [5.41, 5.74) is 0. The maximum Gasteiger partial charge on any atom is 0.407 e. The SMILES string of the molecule is CC(C)COC(=O)NCC(C(C)C)C(C)C. The van der Waals surface area contributed by atoms with Crippen molar-refractivity contribution in [3.8, 4) is 0 Å². The summed E-state index contributed by atoms with van der Waals surface area (Å²) in [4.78, 5) is 11.4. The topological polar surface area (TPSA) is 38.3 Å². The molecule has 16 heavy (non-hydrogen) atoms. The predicted octanol–water partition coefficient (Wildman–Crippen LogP) is 3.30. The lowest BCUT2D eigenvalue weighted by molar-refractivity contribution is 0.128. The van der Waals surface area contributed by atoms with Crippen molar-refractivity contribution in [3.63, 3.8) is 0 Å². The molecule has 0 rings (SSSR count). The lowest BCUT2D eigenvalue weighted by atomic mass is 9.85. The number of carbonyl (C=O) groups is 1. The number of ether oxygens (including phenoxy) is 1. The molecular formula is C13H27NO2. The molecule has 0 aliphatic heterocycles. The first-order valence-electron chi connectivity index (χ1n) is 6.25. The summed E-state index contributed by atoms with van der Waals surface area (Å²) >= 11 is 0. The van der Waals surface area contributed by atoms with Crippen LogP contribution in [0.1, 0.15) is 41.5 Å². The van der Waals surface area contributed by atoms with E-state index in [9.17, 15) is 4.79 Å². The van der Waals surface area contributed by atoms with Crippen LogP contribution in [-0.2, 0) is 4.74 Å². The molecule has 1 amide bonds. The van der Waals surface area contributed by atoms with Crippen LogP contribution in [0.25, 0.3) is 0 Å². The highest BCUT2D eigenvalue weighted by Gasteiger charge is 2.18. The van der Waals surface area contributed by atoms with Crippen molar-refractivity contribution in [2.75, 3.05) is 13.2 Å². The van der Waals surface area contributed by atoms with Crippen molar-refractivity contribution in [2.24, 2.45) is 23.7 Å². The highest BCUT2D eigenvalue weighted by Crippen LogP contribution is 2.19. The summed E-state index contributed by atoms with van der Waals surface area (Å²) in [6.45, 7) is 14.0. The second-order valence-electron chi connectivity index (χ2n) is 5.53. The van der Waals surface area contributed by atoms with Crippen molar-refractivity contribution in [1.82, 2.24) is 5.32 Å². The van der Waals surface area contributed by atoms with Gasteiger partial charge in [0.05, 0.1) is 6.61 Å². The van der Waals surface area contributed by atoms with Crippen molar-refractivity contribution in [1.29, 1.82) is 0 Å². The standard InChI is InChI=1S/C13H27NO2/c1-9(2)8-16-13(15)14-7-12(10(3)4)11(5)6/h9-12H,7-8H2,1-6H3,(H,14,15). The molecule has 0 radical (unpaired) electrons. The Balaban J connectivity index is 3.88. The summed E-state index contributed by atoms with van der Waals surface area (Å²) in [5.74, 6) is 2.04. The zero-order valence-corrected chi connectivity index (χ0v) is 11.5. The van der Waals surface area contributed by atoms with E-state index in [1.807, 2.05) is 13.8 Å². The molecule has 0 heterocycles. The second kappa shape index (κ2) is 7.53. The van der Waals surface area contributed by atoms with Crippen LogP contribution >= 0.6 is 0 Å². The third-order valence-corrected chi connectivity index (χ3v) is 2.74. The van der Waals surface area contributed by atoms with E-state index >= 15 is 0 Å². The van der Waals surface area contributed by atoms with Gasteiger partial charge in [-0.05, 0) is 23.7 Å². The molecule has 0 aromatic heterocycles. The third kappa shape index (κ3) is 6.70. The summed E-state index contributed by atoms with van der Waals surface area (Å²) in [5, 5.41) is 2.84. The molecule has 0 aliphatic carbocycles. The van der Waals surface area contributed by atoms with Gasteiger partial charge in [0.25, 0.3) is 0 Å². The van der Waals surface area contributed by atoms with Gasteiger partial charge in [0.2, 0.25) is 0 Å². The number of carbonyl (C=O) groups excluding carboxylic acids is 1. The minimum Gasteiger partial charge on any atom is -0.449 e. The minimum absolute atomic E-state index is 0.292. The van der Waals surface area contributed by atoms with Crippen LogP contribution in [0.4, 0.5) is 4.79 Å². The summed E-state index contributed by atoms with van der Waals surface area (Å²) in [6, 6.07) is 0. The normalized spacial score (nSPS) is 11.6. The average molecular weight is 229 g/mol. The highest BCUT2D eigenvalue weighted by molar-refractivity contribution is 5.67. The van der Waals surface area contributed by atoms with Crippen LogP contribution in [0.15, 0.2) is 0 Å². The Hall–Kier alpha value is -0.730. The Morgan fingerprint density at radius 1 is 1.06 bits per heavy atom. The van der Waals surface area contributed by atoms with E-state index in [4.69, 9.17) is 4.74 Å². The number of nitrogens with one attached hydrogen (secondary N) is 1.